The number of carbonyl (C=O) groups is 3. The largest absolute Gasteiger partial charge is 0.479 e. The molecular formula is C20H29NO5. The van der Waals surface area contributed by atoms with Gasteiger partial charge in [0.05, 0.1) is 6.04 Å². The number of carbonyl (C=O) groups excluding carboxylic acids is 2. The summed E-state index contributed by atoms with van der Waals surface area (Å²) in [6.07, 6.45) is 3.93. The van der Waals surface area contributed by atoms with E-state index in [2.05, 4.69) is 5.32 Å². The third kappa shape index (κ3) is 7.78. The van der Waals surface area contributed by atoms with Crippen LogP contribution in [0.4, 0.5) is 0 Å². The van der Waals surface area contributed by atoms with Crippen molar-refractivity contribution in [3.63, 3.8) is 0 Å². The van der Waals surface area contributed by atoms with Gasteiger partial charge in [-0.2, -0.15) is 0 Å². The normalized spacial score (nSPS) is 12.4. The summed E-state index contributed by atoms with van der Waals surface area (Å²) in [4.78, 5) is 34.8. The number of carboxylic acid groups (broad SMARTS) is 1. The number of hydrogen-bond acceptors (Lipinski definition) is 4. The molecule has 1 aromatic rings. The lowest BCUT2D eigenvalue weighted by Crippen LogP contribution is -2.39. The molecule has 1 rings (SSSR count). The number of carboxylic acids is 1. The molecule has 0 spiro atoms. The second-order valence-corrected chi connectivity index (χ2v) is 6.87. The SMILES string of the molecule is CC(=O)C(CCCCCCOC(C)(C)C(=O)O)NC(=O)c1ccccc1. The summed E-state index contributed by atoms with van der Waals surface area (Å²) in [6.45, 7) is 4.93. The average molecular weight is 363 g/mol. The molecule has 0 aliphatic heterocycles. The molecule has 0 heterocycles. The van der Waals surface area contributed by atoms with E-state index in [9.17, 15) is 14.4 Å². The molecule has 1 aromatic carbocycles. The lowest BCUT2D eigenvalue weighted by atomic mass is 10.0. The van der Waals surface area contributed by atoms with Crippen LogP contribution in [0.3, 0.4) is 0 Å². The highest BCUT2D eigenvalue weighted by molar-refractivity contribution is 5.97. The first kappa shape index (κ1) is 21.8. The molecule has 1 atom stereocenters. The monoisotopic (exact) mass is 363 g/mol. The number of aliphatic carboxylic acids is 1. The first-order valence-electron chi connectivity index (χ1n) is 8.98. The Morgan fingerprint density at radius 1 is 1.08 bits per heavy atom. The molecule has 6 heteroatoms. The Bertz CT molecular complexity index is 597. The van der Waals surface area contributed by atoms with Crippen molar-refractivity contribution in [2.45, 2.75) is 64.5 Å². The van der Waals surface area contributed by atoms with Crippen LogP contribution in [0.25, 0.3) is 0 Å². The van der Waals surface area contributed by atoms with E-state index in [0.29, 0.717) is 18.6 Å². The predicted octanol–water partition coefficient (Wildman–Crippen LogP) is 3.20. The highest BCUT2D eigenvalue weighted by Crippen LogP contribution is 2.12. The van der Waals surface area contributed by atoms with Crippen LogP contribution in [-0.4, -0.2) is 41.0 Å². The third-order valence-corrected chi connectivity index (χ3v) is 4.20. The van der Waals surface area contributed by atoms with Crippen LogP contribution < -0.4 is 5.32 Å². The standard InChI is InChI=1S/C20H29NO5/c1-15(22)17(21-18(23)16-11-7-6-8-12-16)13-9-4-5-10-14-26-20(2,3)19(24)25/h6-8,11-12,17H,4-5,9-10,13-14H2,1-3H3,(H,21,23)(H,24,25). The second kappa shape index (κ2) is 10.7. The zero-order valence-electron chi connectivity index (χ0n) is 15.8. The number of ether oxygens (including phenoxy) is 1. The van der Waals surface area contributed by atoms with Gasteiger partial charge in [0.15, 0.2) is 11.4 Å². The van der Waals surface area contributed by atoms with Gasteiger partial charge in [-0.3, -0.25) is 9.59 Å². The van der Waals surface area contributed by atoms with Gasteiger partial charge in [0.25, 0.3) is 5.91 Å². The van der Waals surface area contributed by atoms with Crippen LogP contribution in [0.15, 0.2) is 30.3 Å². The maximum atomic E-state index is 12.2. The van der Waals surface area contributed by atoms with E-state index in [1.165, 1.54) is 20.8 Å². The lowest BCUT2D eigenvalue weighted by molar-refractivity contribution is -0.161. The van der Waals surface area contributed by atoms with Crippen molar-refractivity contribution in [3.05, 3.63) is 35.9 Å². The Labute approximate surface area is 154 Å². The molecule has 0 saturated carbocycles. The summed E-state index contributed by atoms with van der Waals surface area (Å²) in [6, 6.07) is 8.35. The van der Waals surface area contributed by atoms with E-state index in [1.807, 2.05) is 6.07 Å². The predicted molar refractivity (Wildman–Crippen MR) is 99.1 cm³/mol. The van der Waals surface area contributed by atoms with Crippen molar-refractivity contribution in [2.75, 3.05) is 6.61 Å². The summed E-state index contributed by atoms with van der Waals surface area (Å²) >= 11 is 0. The van der Waals surface area contributed by atoms with Crippen molar-refractivity contribution >= 4 is 17.7 Å². The van der Waals surface area contributed by atoms with E-state index in [1.54, 1.807) is 24.3 Å². The quantitative estimate of drug-likeness (QED) is 0.556. The molecule has 0 aromatic heterocycles. The van der Waals surface area contributed by atoms with E-state index in [0.717, 1.165) is 25.7 Å². The van der Waals surface area contributed by atoms with Crippen molar-refractivity contribution in [1.82, 2.24) is 5.32 Å². The van der Waals surface area contributed by atoms with Crippen LogP contribution >= 0.6 is 0 Å². The lowest BCUT2D eigenvalue weighted by Gasteiger charge is -2.20. The van der Waals surface area contributed by atoms with E-state index in [-0.39, 0.29) is 11.7 Å². The summed E-state index contributed by atoms with van der Waals surface area (Å²) in [7, 11) is 0. The van der Waals surface area contributed by atoms with Crippen molar-refractivity contribution in [2.24, 2.45) is 0 Å². The second-order valence-electron chi connectivity index (χ2n) is 6.87. The van der Waals surface area contributed by atoms with Crippen molar-refractivity contribution < 1.29 is 24.2 Å². The molecule has 0 aliphatic carbocycles. The number of benzene rings is 1. The minimum atomic E-state index is -1.17. The average Bonchev–Trinajstić information content (AvgIpc) is 2.60. The minimum absolute atomic E-state index is 0.0548. The van der Waals surface area contributed by atoms with Gasteiger partial charge in [-0.05, 0) is 45.7 Å². The molecule has 0 fully saturated rings. The summed E-state index contributed by atoms with van der Waals surface area (Å²) in [5.41, 5.74) is -0.626. The molecule has 144 valence electrons. The maximum Gasteiger partial charge on any atom is 0.335 e. The fourth-order valence-electron chi connectivity index (χ4n) is 2.40. The highest BCUT2D eigenvalue weighted by Gasteiger charge is 2.27. The van der Waals surface area contributed by atoms with Crippen LogP contribution in [0.5, 0.6) is 0 Å². The Kier molecular flexibility index (Phi) is 8.99. The Morgan fingerprint density at radius 2 is 1.69 bits per heavy atom. The van der Waals surface area contributed by atoms with Gasteiger partial charge < -0.3 is 15.2 Å². The van der Waals surface area contributed by atoms with Gasteiger partial charge in [-0.15, -0.1) is 0 Å². The number of Topliss-reactive ketones (excluding diaryl/α,β-unsaturated/α-hetero) is 1. The van der Waals surface area contributed by atoms with Crippen LogP contribution in [0, 0.1) is 0 Å². The molecule has 0 saturated heterocycles. The number of unbranched alkanes of at least 4 members (excludes halogenated alkanes) is 3. The number of hydrogen-bond donors (Lipinski definition) is 2. The van der Waals surface area contributed by atoms with E-state index >= 15 is 0 Å². The summed E-state index contributed by atoms with van der Waals surface area (Å²) in [5, 5.41) is 11.7. The molecule has 26 heavy (non-hydrogen) atoms. The molecule has 1 unspecified atom stereocenters. The number of nitrogens with one attached hydrogen (secondary N) is 1. The number of rotatable bonds is 12. The third-order valence-electron chi connectivity index (χ3n) is 4.20. The van der Waals surface area contributed by atoms with E-state index < -0.39 is 17.6 Å². The molecule has 6 nitrogen and oxygen atoms in total. The molecule has 0 aliphatic rings. The van der Waals surface area contributed by atoms with E-state index in [4.69, 9.17) is 9.84 Å². The highest BCUT2D eigenvalue weighted by atomic mass is 16.5. The Balaban J connectivity index is 2.27. The van der Waals surface area contributed by atoms with Crippen LogP contribution in [0.2, 0.25) is 0 Å². The van der Waals surface area contributed by atoms with Gasteiger partial charge in [0, 0.05) is 12.2 Å². The van der Waals surface area contributed by atoms with Gasteiger partial charge >= 0.3 is 5.97 Å². The topological polar surface area (TPSA) is 92.7 Å². The number of amides is 1. The van der Waals surface area contributed by atoms with Gasteiger partial charge in [0.1, 0.15) is 0 Å². The summed E-state index contributed by atoms with van der Waals surface area (Å²) < 4.78 is 5.35. The van der Waals surface area contributed by atoms with Gasteiger partial charge in [-0.1, -0.05) is 37.5 Å². The Morgan fingerprint density at radius 3 is 2.27 bits per heavy atom. The van der Waals surface area contributed by atoms with Crippen LogP contribution in [0.1, 0.15) is 63.2 Å². The zero-order chi connectivity index (χ0) is 19.6. The van der Waals surface area contributed by atoms with Crippen LogP contribution in [-0.2, 0) is 14.3 Å². The minimum Gasteiger partial charge on any atom is -0.479 e. The Hall–Kier alpha value is -2.21. The molecule has 0 bridgehead atoms. The molecular weight excluding hydrogens is 334 g/mol. The fourth-order valence-corrected chi connectivity index (χ4v) is 2.40. The molecule has 2 N–H and O–H groups in total. The first-order valence-corrected chi connectivity index (χ1v) is 8.98. The molecule has 0 radical (unpaired) electrons. The number of ketones is 1. The summed E-state index contributed by atoms with van der Waals surface area (Å²) in [5.74, 6) is -1.27. The molecule has 1 amide bonds. The maximum absolute atomic E-state index is 12.2. The van der Waals surface area contributed by atoms with Crippen molar-refractivity contribution in [1.29, 1.82) is 0 Å². The van der Waals surface area contributed by atoms with Gasteiger partial charge in [-0.25, -0.2) is 4.79 Å². The fraction of sp³-hybridized carbons (Fsp3) is 0.550. The first-order chi connectivity index (χ1) is 12.2. The smallest absolute Gasteiger partial charge is 0.335 e. The van der Waals surface area contributed by atoms with Gasteiger partial charge in [0.2, 0.25) is 0 Å². The van der Waals surface area contributed by atoms with Crippen molar-refractivity contribution in [3.8, 4) is 0 Å². The zero-order valence-corrected chi connectivity index (χ0v) is 15.8.